The van der Waals surface area contributed by atoms with Crippen LogP contribution in [0.5, 0.6) is 0 Å². The molecule has 3 amide bonds. The molecule has 1 fully saturated rings. The van der Waals surface area contributed by atoms with Crippen LogP contribution in [-0.4, -0.2) is 27.9 Å². The number of para-hydroxylation sites is 1. The third-order valence-corrected chi connectivity index (χ3v) is 5.67. The van der Waals surface area contributed by atoms with E-state index in [1.165, 1.54) is 4.90 Å². The van der Waals surface area contributed by atoms with Gasteiger partial charge in [-0.1, -0.05) is 29.8 Å². The van der Waals surface area contributed by atoms with Crippen molar-refractivity contribution in [1.82, 2.24) is 9.88 Å². The Bertz CT molecular complexity index is 1060. The molecule has 0 saturated carbocycles. The number of nitrogens with zero attached hydrogens (tertiary/aromatic N) is 2. The van der Waals surface area contributed by atoms with Crippen LogP contribution in [0.4, 0.5) is 10.5 Å². The summed E-state index contributed by atoms with van der Waals surface area (Å²) < 4.78 is 0. The molecule has 0 aliphatic carbocycles. The van der Waals surface area contributed by atoms with Crippen molar-refractivity contribution in [3.63, 3.8) is 0 Å². The zero-order valence-electron chi connectivity index (χ0n) is 14.1. The van der Waals surface area contributed by atoms with Gasteiger partial charge in [-0.25, -0.2) is 9.69 Å². The number of carbonyl (C=O) groups is 2. The lowest BCUT2D eigenvalue weighted by atomic mass is 9.93. The first-order valence-corrected chi connectivity index (χ1v) is 8.95. The van der Waals surface area contributed by atoms with E-state index in [9.17, 15) is 9.59 Å². The number of imide groups is 1. The highest BCUT2D eigenvalue weighted by molar-refractivity contribution is 6.30. The van der Waals surface area contributed by atoms with Crippen LogP contribution >= 0.6 is 11.6 Å². The Morgan fingerprint density at radius 1 is 1.08 bits per heavy atom. The number of fused-ring (bicyclic) bond motifs is 4. The SMILES string of the molecule is CC1c2[nH]c3ccccc3c2CC2C(=O)N(c3ccc(Cl)cc3)C(=O)N21. The minimum atomic E-state index is -0.472. The van der Waals surface area contributed by atoms with E-state index in [0.29, 0.717) is 17.1 Å². The van der Waals surface area contributed by atoms with Crippen molar-refractivity contribution in [2.45, 2.75) is 25.4 Å². The Labute approximate surface area is 155 Å². The minimum absolute atomic E-state index is 0.180. The number of nitrogens with one attached hydrogen (secondary N) is 1. The fraction of sp³-hybridized carbons (Fsp3) is 0.200. The van der Waals surface area contributed by atoms with E-state index in [4.69, 9.17) is 11.6 Å². The van der Waals surface area contributed by atoms with Gasteiger partial charge in [-0.05, 0) is 42.8 Å². The molecule has 1 aromatic heterocycles. The number of rotatable bonds is 1. The Morgan fingerprint density at radius 2 is 1.81 bits per heavy atom. The molecule has 2 atom stereocenters. The zero-order valence-corrected chi connectivity index (χ0v) is 14.8. The van der Waals surface area contributed by atoms with Crippen LogP contribution in [0.25, 0.3) is 10.9 Å². The number of aromatic nitrogens is 1. The molecule has 130 valence electrons. The molecule has 0 radical (unpaired) electrons. The summed E-state index contributed by atoms with van der Waals surface area (Å²) in [6.45, 7) is 1.97. The van der Waals surface area contributed by atoms with Crippen molar-refractivity contribution in [2.75, 3.05) is 4.90 Å². The highest BCUT2D eigenvalue weighted by Gasteiger charge is 2.51. The number of carbonyl (C=O) groups excluding carboxylic acids is 2. The summed E-state index contributed by atoms with van der Waals surface area (Å²) in [5.41, 5.74) is 3.74. The molecule has 1 saturated heterocycles. The van der Waals surface area contributed by atoms with Crippen LogP contribution in [-0.2, 0) is 11.2 Å². The second-order valence-electron chi connectivity index (χ2n) is 6.80. The summed E-state index contributed by atoms with van der Waals surface area (Å²) in [6, 6.07) is 13.9. The second-order valence-corrected chi connectivity index (χ2v) is 7.24. The van der Waals surface area contributed by atoms with Gasteiger partial charge in [-0.3, -0.25) is 4.79 Å². The summed E-state index contributed by atoms with van der Waals surface area (Å²) in [6.07, 6.45) is 0.526. The van der Waals surface area contributed by atoms with Gasteiger partial charge >= 0.3 is 6.03 Å². The van der Waals surface area contributed by atoms with Crippen LogP contribution in [0.2, 0.25) is 5.02 Å². The third-order valence-electron chi connectivity index (χ3n) is 5.42. The fourth-order valence-electron chi connectivity index (χ4n) is 4.19. The second kappa shape index (κ2) is 5.35. The molecular formula is C20H16ClN3O2. The predicted octanol–water partition coefficient (Wildman–Crippen LogP) is 4.28. The number of hydrogen-bond acceptors (Lipinski definition) is 2. The molecule has 1 N–H and O–H groups in total. The standard InChI is InChI=1S/C20H16ClN3O2/c1-11-18-15(14-4-2-3-5-16(14)22-18)10-17-19(25)24(20(26)23(11)17)13-8-6-12(21)7-9-13/h2-9,11,17,22H,10H2,1H3. The van der Waals surface area contributed by atoms with Crippen LogP contribution in [0, 0.1) is 0 Å². The Kier molecular flexibility index (Phi) is 3.18. The molecule has 5 nitrogen and oxygen atoms in total. The van der Waals surface area contributed by atoms with Crippen molar-refractivity contribution >= 4 is 40.1 Å². The van der Waals surface area contributed by atoms with Crippen molar-refractivity contribution in [3.05, 3.63) is 64.8 Å². The number of halogens is 1. The van der Waals surface area contributed by atoms with Crippen molar-refractivity contribution < 1.29 is 9.59 Å². The van der Waals surface area contributed by atoms with Gasteiger partial charge in [0.1, 0.15) is 6.04 Å². The quantitative estimate of drug-likeness (QED) is 0.654. The molecule has 2 aliphatic heterocycles. The van der Waals surface area contributed by atoms with Crippen LogP contribution in [0.3, 0.4) is 0 Å². The molecule has 5 rings (SSSR count). The van der Waals surface area contributed by atoms with Gasteiger partial charge in [0, 0.05) is 28.0 Å². The largest absolute Gasteiger partial charge is 0.356 e. The highest BCUT2D eigenvalue weighted by Crippen LogP contribution is 2.41. The van der Waals surface area contributed by atoms with E-state index in [2.05, 4.69) is 11.1 Å². The van der Waals surface area contributed by atoms with Gasteiger partial charge in [0.15, 0.2) is 0 Å². The van der Waals surface area contributed by atoms with Crippen molar-refractivity contribution in [3.8, 4) is 0 Å². The maximum atomic E-state index is 13.1. The lowest BCUT2D eigenvalue weighted by Crippen LogP contribution is -2.42. The number of amides is 3. The van der Waals surface area contributed by atoms with Crippen molar-refractivity contribution in [2.24, 2.45) is 0 Å². The maximum Gasteiger partial charge on any atom is 0.332 e. The molecule has 3 heterocycles. The maximum absolute atomic E-state index is 13.1. The van der Waals surface area contributed by atoms with Gasteiger partial charge in [0.25, 0.3) is 5.91 Å². The van der Waals surface area contributed by atoms with Gasteiger partial charge in [-0.15, -0.1) is 0 Å². The average molecular weight is 366 g/mol. The van der Waals surface area contributed by atoms with Gasteiger partial charge in [-0.2, -0.15) is 0 Å². The molecule has 6 heteroatoms. The summed E-state index contributed by atoms with van der Waals surface area (Å²) >= 11 is 5.93. The molecule has 3 aromatic rings. The lowest BCUT2D eigenvalue weighted by Gasteiger charge is -2.33. The van der Waals surface area contributed by atoms with E-state index in [1.807, 2.05) is 25.1 Å². The number of anilines is 1. The summed E-state index contributed by atoms with van der Waals surface area (Å²) in [4.78, 5) is 32.5. The summed E-state index contributed by atoms with van der Waals surface area (Å²) in [5, 5.41) is 1.69. The Hall–Kier alpha value is -2.79. The lowest BCUT2D eigenvalue weighted by molar-refractivity contribution is -0.120. The van der Waals surface area contributed by atoms with Crippen LogP contribution in [0.15, 0.2) is 48.5 Å². The van der Waals surface area contributed by atoms with E-state index in [1.54, 1.807) is 29.2 Å². The average Bonchev–Trinajstić information content (AvgIpc) is 3.13. The van der Waals surface area contributed by atoms with E-state index >= 15 is 0 Å². The molecule has 0 spiro atoms. The molecule has 2 aliphatic rings. The monoisotopic (exact) mass is 365 g/mol. The molecule has 2 aromatic carbocycles. The molecule has 26 heavy (non-hydrogen) atoms. The highest BCUT2D eigenvalue weighted by atomic mass is 35.5. The summed E-state index contributed by atoms with van der Waals surface area (Å²) in [7, 11) is 0. The van der Waals surface area contributed by atoms with Gasteiger partial charge in [0.2, 0.25) is 0 Å². The van der Waals surface area contributed by atoms with Gasteiger partial charge in [0.05, 0.1) is 11.7 Å². The molecular weight excluding hydrogens is 350 g/mol. The van der Waals surface area contributed by atoms with Crippen LogP contribution in [0.1, 0.15) is 24.2 Å². The fourth-order valence-corrected chi connectivity index (χ4v) is 4.32. The predicted molar refractivity (Wildman–Crippen MR) is 100 cm³/mol. The number of benzene rings is 2. The number of hydrogen-bond donors (Lipinski definition) is 1. The Balaban J connectivity index is 1.60. The smallest absolute Gasteiger partial charge is 0.332 e. The first-order chi connectivity index (χ1) is 12.6. The first-order valence-electron chi connectivity index (χ1n) is 8.57. The van der Waals surface area contributed by atoms with E-state index in [-0.39, 0.29) is 18.0 Å². The van der Waals surface area contributed by atoms with Crippen LogP contribution < -0.4 is 4.90 Å². The minimum Gasteiger partial charge on any atom is -0.356 e. The number of H-pyrrole nitrogens is 1. The topological polar surface area (TPSA) is 56.4 Å². The third kappa shape index (κ3) is 1.98. The Morgan fingerprint density at radius 3 is 2.58 bits per heavy atom. The van der Waals surface area contributed by atoms with Crippen molar-refractivity contribution in [1.29, 1.82) is 0 Å². The zero-order chi connectivity index (χ0) is 18.0. The van der Waals surface area contributed by atoms with Gasteiger partial charge < -0.3 is 9.88 Å². The molecule has 2 unspecified atom stereocenters. The number of aromatic amines is 1. The molecule has 0 bridgehead atoms. The number of urea groups is 1. The van der Waals surface area contributed by atoms with E-state index < -0.39 is 6.04 Å². The first kappa shape index (κ1) is 15.5. The summed E-state index contributed by atoms with van der Waals surface area (Å²) in [5.74, 6) is -0.180. The normalized spacial score (nSPS) is 22.1. The van der Waals surface area contributed by atoms with E-state index in [0.717, 1.165) is 22.2 Å².